The van der Waals surface area contributed by atoms with Gasteiger partial charge >= 0.3 is 0 Å². The number of likely N-dealkylation sites (tertiary alicyclic amines) is 2. The molecule has 3 unspecified atom stereocenters. The van der Waals surface area contributed by atoms with E-state index in [1.807, 2.05) is 24.3 Å². The molecule has 0 aromatic heterocycles. The molecule has 10 heteroatoms. The third-order valence-corrected chi connectivity index (χ3v) is 7.78. The number of hydrogen-bond donors (Lipinski definition) is 2. The number of nitrogens with one attached hydrogen (secondary N) is 1. The number of carbonyl (C=O) groups excluding carboxylic acids is 3. The van der Waals surface area contributed by atoms with Crippen LogP contribution in [0, 0.1) is 11.3 Å². The number of allylic oxidation sites excluding steroid dienone is 4. The Morgan fingerprint density at radius 1 is 1.29 bits per heavy atom. The van der Waals surface area contributed by atoms with Gasteiger partial charge in [-0.2, -0.15) is 0 Å². The van der Waals surface area contributed by atoms with Gasteiger partial charge in [-0.05, 0) is 63.0 Å². The van der Waals surface area contributed by atoms with E-state index in [0.717, 1.165) is 11.1 Å². The quantitative estimate of drug-likeness (QED) is 0.395. The summed E-state index contributed by atoms with van der Waals surface area (Å²) >= 11 is 0. The summed E-state index contributed by atoms with van der Waals surface area (Å²) in [5.41, 5.74) is 5.54. The van der Waals surface area contributed by atoms with Crippen LogP contribution in [0.4, 0.5) is 4.39 Å². The summed E-state index contributed by atoms with van der Waals surface area (Å²) in [5.74, 6) is -0.808. The SMILES string of the molecule is C=C/C(=C\C=C(/C)F)C1CN(C)C(=O)C12CCCN(C(=O)C(COCc1ccc(OC)cc1)NC(=O)C(C)(C)N)C2. The van der Waals surface area contributed by atoms with Crippen molar-refractivity contribution in [2.45, 2.75) is 51.8 Å². The van der Waals surface area contributed by atoms with E-state index in [2.05, 4.69) is 11.9 Å². The van der Waals surface area contributed by atoms with Gasteiger partial charge in [0.1, 0.15) is 11.8 Å². The first-order valence-electron chi connectivity index (χ1n) is 13.8. The lowest BCUT2D eigenvalue weighted by Crippen LogP contribution is -2.60. The van der Waals surface area contributed by atoms with Gasteiger partial charge in [0.2, 0.25) is 17.7 Å². The molecular weight excluding hydrogens is 527 g/mol. The number of amides is 3. The number of nitrogens with zero attached hydrogens (tertiary/aromatic N) is 2. The molecule has 9 nitrogen and oxygen atoms in total. The Balaban J connectivity index is 1.84. The summed E-state index contributed by atoms with van der Waals surface area (Å²) in [5, 5.41) is 2.76. The van der Waals surface area contributed by atoms with Crippen molar-refractivity contribution in [1.82, 2.24) is 15.1 Å². The molecule has 1 aromatic rings. The smallest absolute Gasteiger partial charge is 0.247 e. The number of rotatable bonds is 11. The average molecular weight is 571 g/mol. The van der Waals surface area contributed by atoms with Gasteiger partial charge in [0, 0.05) is 32.6 Å². The van der Waals surface area contributed by atoms with Gasteiger partial charge < -0.3 is 30.3 Å². The van der Waals surface area contributed by atoms with Gasteiger partial charge in [0.05, 0.1) is 37.1 Å². The van der Waals surface area contributed by atoms with Gasteiger partial charge in [-0.25, -0.2) is 4.39 Å². The van der Waals surface area contributed by atoms with E-state index < -0.39 is 22.9 Å². The lowest BCUT2D eigenvalue weighted by Gasteiger charge is -2.43. The minimum atomic E-state index is -1.21. The largest absolute Gasteiger partial charge is 0.497 e. The first-order chi connectivity index (χ1) is 19.3. The maximum absolute atomic E-state index is 13.9. The maximum atomic E-state index is 13.9. The van der Waals surface area contributed by atoms with Crippen LogP contribution in [0.3, 0.4) is 0 Å². The van der Waals surface area contributed by atoms with Crippen LogP contribution in [0.1, 0.15) is 39.2 Å². The number of piperidine rings is 1. The molecule has 3 N–H and O–H groups in total. The minimum absolute atomic E-state index is 0.0619. The number of halogens is 1. The number of methoxy groups -OCH3 is 1. The van der Waals surface area contributed by atoms with Gasteiger partial charge in [0.25, 0.3) is 0 Å². The molecule has 224 valence electrons. The van der Waals surface area contributed by atoms with Crippen molar-refractivity contribution in [2.24, 2.45) is 17.1 Å². The topological polar surface area (TPSA) is 114 Å². The molecule has 1 aromatic carbocycles. The van der Waals surface area contributed by atoms with Gasteiger partial charge in [-0.15, -0.1) is 0 Å². The second-order valence-corrected chi connectivity index (χ2v) is 11.5. The molecule has 0 saturated carbocycles. The molecule has 3 rings (SSSR count). The van der Waals surface area contributed by atoms with Gasteiger partial charge in [0.15, 0.2) is 0 Å². The molecule has 1 spiro atoms. The van der Waals surface area contributed by atoms with Crippen molar-refractivity contribution in [1.29, 1.82) is 0 Å². The molecule has 0 radical (unpaired) electrons. The van der Waals surface area contributed by atoms with Crippen molar-refractivity contribution in [3.05, 3.63) is 66.0 Å². The molecule has 2 aliphatic heterocycles. The molecule has 3 amide bonds. The average Bonchev–Trinajstić information content (AvgIpc) is 3.16. The van der Waals surface area contributed by atoms with E-state index in [0.29, 0.717) is 31.7 Å². The van der Waals surface area contributed by atoms with Crippen LogP contribution in [-0.4, -0.2) is 79.5 Å². The molecule has 0 bridgehead atoms. The first-order valence-corrected chi connectivity index (χ1v) is 13.8. The third kappa shape index (κ3) is 7.62. The first kappa shape index (κ1) is 32.0. The summed E-state index contributed by atoms with van der Waals surface area (Å²) in [6.07, 6.45) is 5.84. The van der Waals surface area contributed by atoms with Crippen LogP contribution in [0.2, 0.25) is 0 Å². The summed E-state index contributed by atoms with van der Waals surface area (Å²) in [6.45, 7) is 9.56. The van der Waals surface area contributed by atoms with E-state index in [1.165, 1.54) is 13.0 Å². The van der Waals surface area contributed by atoms with E-state index in [9.17, 15) is 18.8 Å². The fourth-order valence-corrected chi connectivity index (χ4v) is 5.51. The van der Waals surface area contributed by atoms with E-state index >= 15 is 0 Å². The predicted octanol–water partition coefficient (Wildman–Crippen LogP) is 3.12. The Morgan fingerprint density at radius 3 is 2.56 bits per heavy atom. The maximum Gasteiger partial charge on any atom is 0.247 e. The number of benzene rings is 1. The molecule has 2 fully saturated rings. The molecule has 3 atom stereocenters. The second-order valence-electron chi connectivity index (χ2n) is 11.5. The summed E-state index contributed by atoms with van der Waals surface area (Å²) in [6, 6.07) is 6.35. The normalized spacial score (nSPS) is 22.6. The number of nitrogens with two attached hydrogens (primary N) is 1. The molecule has 0 aliphatic carbocycles. The predicted molar refractivity (Wildman–Crippen MR) is 155 cm³/mol. The molecule has 2 heterocycles. The number of carbonyl (C=O) groups is 3. The summed E-state index contributed by atoms with van der Waals surface area (Å²) in [4.78, 5) is 43.6. The molecule has 2 saturated heterocycles. The van der Waals surface area contributed by atoms with E-state index in [-0.39, 0.29) is 43.3 Å². The standard InChI is InChI=1S/C31H43FN4O5/c1-7-23(12-9-21(2)32)25-17-35(5)29(39)31(25)15-8-16-36(20-31)27(37)26(34-28(38)30(3,4)33)19-41-18-22-10-13-24(40-6)14-11-22/h7,9-14,25-26H,1,8,15-20,33H2,2-6H3,(H,34,38)/b21-9+,23-12+. The lowest BCUT2D eigenvalue weighted by atomic mass is 9.68. The van der Waals surface area contributed by atoms with Crippen molar-refractivity contribution in [3.8, 4) is 5.75 Å². The van der Waals surface area contributed by atoms with E-state index in [4.69, 9.17) is 15.2 Å². The zero-order valence-electron chi connectivity index (χ0n) is 24.7. The Hall–Kier alpha value is -3.50. The Labute approximate surface area is 242 Å². The van der Waals surface area contributed by atoms with Crippen molar-refractivity contribution in [3.63, 3.8) is 0 Å². The Bertz CT molecular complexity index is 1190. The zero-order valence-corrected chi connectivity index (χ0v) is 24.7. The third-order valence-electron chi connectivity index (χ3n) is 7.78. The fraction of sp³-hybridized carbons (Fsp3) is 0.516. The van der Waals surface area contributed by atoms with Crippen molar-refractivity contribution < 1.29 is 28.2 Å². The Morgan fingerprint density at radius 2 is 1.98 bits per heavy atom. The molecule has 2 aliphatic rings. The van der Waals surface area contributed by atoms with Crippen LogP contribution in [-0.2, 0) is 25.7 Å². The van der Waals surface area contributed by atoms with Crippen LogP contribution in [0.25, 0.3) is 0 Å². The second kappa shape index (κ2) is 13.4. The monoisotopic (exact) mass is 570 g/mol. The van der Waals surface area contributed by atoms with Crippen molar-refractivity contribution >= 4 is 17.7 Å². The highest BCUT2D eigenvalue weighted by Gasteiger charge is 2.56. The highest BCUT2D eigenvalue weighted by Crippen LogP contribution is 2.47. The summed E-state index contributed by atoms with van der Waals surface area (Å²) < 4.78 is 24.6. The number of hydrogen-bond acceptors (Lipinski definition) is 6. The highest BCUT2D eigenvalue weighted by atomic mass is 19.1. The summed E-state index contributed by atoms with van der Waals surface area (Å²) in [7, 11) is 3.32. The minimum Gasteiger partial charge on any atom is -0.497 e. The molecule has 41 heavy (non-hydrogen) atoms. The zero-order chi connectivity index (χ0) is 30.4. The van der Waals surface area contributed by atoms with Crippen molar-refractivity contribution in [2.75, 3.05) is 40.4 Å². The van der Waals surface area contributed by atoms with Crippen LogP contribution < -0.4 is 15.8 Å². The van der Waals surface area contributed by atoms with E-state index in [1.54, 1.807) is 50.0 Å². The fourth-order valence-electron chi connectivity index (χ4n) is 5.51. The highest BCUT2D eigenvalue weighted by molar-refractivity contribution is 5.92. The van der Waals surface area contributed by atoms with Crippen LogP contribution in [0.5, 0.6) is 5.75 Å². The number of ether oxygens (including phenoxy) is 2. The Kier molecular flexibility index (Phi) is 10.5. The lowest BCUT2D eigenvalue weighted by molar-refractivity contribution is -0.147. The van der Waals surface area contributed by atoms with Crippen LogP contribution in [0.15, 0.2) is 60.5 Å². The van der Waals surface area contributed by atoms with Gasteiger partial charge in [-0.3, -0.25) is 14.4 Å². The molecular formula is C31H43FN4O5. The van der Waals surface area contributed by atoms with Crippen LogP contribution >= 0.6 is 0 Å². The van der Waals surface area contributed by atoms with Gasteiger partial charge in [-0.1, -0.05) is 30.9 Å².